The van der Waals surface area contributed by atoms with Crippen molar-refractivity contribution in [3.63, 3.8) is 0 Å². The number of carboxylic acid groups (broad SMARTS) is 2. The molecule has 0 amide bonds. The summed E-state index contributed by atoms with van der Waals surface area (Å²) in [5, 5.41) is 14.2. The smallest absolute Gasteiger partial charge is 0.475 e. The van der Waals surface area contributed by atoms with E-state index in [0.717, 1.165) is 25.5 Å². The predicted molar refractivity (Wildman–Crippen MR) is 113 cm³/mol. The van der Waals surface area contributed by atoms with Gasteiger partial charge in [-0.2, -0.15) is 26.3 Å². The highest BCUT2D eigenvalue weighted by Crippen LogP contribution is 2.37. The van der Waals surface area contributed by atoms with Crippen LogP contribution in [0.1, 0.15) is 25.7 Å². The maximum absolute atomic E-state index is 10.6. The van der Waals surface area contributed by atoms with Crippen LogP contribution in [0.15, 0.2) is 18.6 Å². The van der Waals surface area contributed by atoms with Gasteiger partial charge in [0.2, 0.25) is 0 Å². The number of halogens is 6. The van der Waals surface area contributed by atoms with Gasteiger partial charge >= 0.3 is 24.3 Å². The largest absolute Gasteiger partial charge is 0.490 e. The SMILES string of the molecule is CN(C)CCN1CCCC12CCCN(c1cnccn1)C2.O=C(O)C(F)(F)F.O=C(O)C(F)(F)F. The third kappa shape index (κ3) is 10.2. The zero-order chi connectivity index (χ0) is 26.9. The molecule has 200 valence electrons. The maximum atomic E-state index is 10.6. The monoisotopic (exact) mass is 517 g/mol. The summed E-state index contributed by atoms with van der Waals surface area (Å²) >= 11 is 0. The molecule has 2 N–H and O–H groups in total. The molecule has 2 aliphatic heterocycles. The summed E-state index contributed by atoms with van der Waals surface area (Å²) in [4.78, 5) is 34.0. The van der Waals surface area contributed by atoms with Crippen molar-refractivity contribution in [2.24, 2.45) is 0 Å². The van der Waals surface area contributed by atoms with Crippen LogP contribution in [0.2, 0.25) is 0 Å². The number of alkyl halides is 6. The third-order valence-electron chi connectivity index (χ3n) is 5.47. The van der Waals surface area contributed by atoms with E-state index >= 15 is 0 Å². The van der Waals surface area contributed by atoms with Crippen molar-refractivity contribution in [3.8, 4) is 0 Å². The minimum absolute atomic E-state index is 0.367. The van der Waals surface area contributed by atoms with Crippen molar-refractivity contribution in [1.29, 1.82) is 0 Å². The van der Waals surface area contributed by atoms with Crippen LogP contribution in [0.5, 0.6) is 0 Å². The van der Waals surface area contributed by atoms with E-state index in [1.54, 1.807) is 12.4 Å². The predicted octanol–water partition coefficient (Wildman–Crippen LogP) is 2.74. The Balaban J connectivity index is 0.000000362. The highest BCUT2D eigenvalue weighted by Gasteiger charge is 2.44. The molecule has 35 heavy (non-hydrogen) atoms. The van der Waals surface area contributed by atoms with Gasteiger partial charge in [-0.3, -0.25) is 9.88 Å². The highest BCUT2D eigenvalue weighted by molar-refractivity contribution is 5.73. The van der Waals surface area contributed by atoms with Crippen molar-refractivity contribution < 1.29 is 46.1 Å². The average molecular weight is 517 g/mol. The topological polar surface area (TPSA) is 110 Å². The van der Waals surface area contributed by atoms with Gasteiger partial charge in [0.1, 0.15) is 5.82 Å². The molecule has 2 fully saturated rings. The van der Waals surface area contributed by atoms with E-state index in [-0.39, 0.29) is 0 Å². The fourth-order valence-electron chi connectivity index (χ4n) is 3.89. The lowest BCUT2D eigenvalue weighted by Gasteiger charge is -2.46. The summed E-state index contributed by atoms with van der Waals surface area (Å²) in [6, 6.07) is 0. The lowest BCUT2D eigenvalue weighted by Crippen LogP contribution is -2.57. The Labute approximate surface area is 198 Å². The average Bonchev–Trinajstić information content (AvgIpc) is 3.13. The summed E-state index contributed by atoms with van der Waals surface area (Å²) in [7, 11) is 4.32. The second kappa shape index (κ2) is 12.9. The Morgan fingerprint density at radius 1 is 1.00 bits per heavy atom. The number of aromatic nitrogens is 2. The number of carboxylic acids is 2. The Hall–Kier alpha value is -2.68. The van der Waals surface area contributed by atoms with Crippen LogP contribution in [-0.4, -0.2) is 107 Å². The molecule has 9 nitrogen and oxygen atoms in total. The molecule has 3 heterocycles. The summed E-state index contributed by atoms with van der Waals surface area (Å²) in [5.41, 5.74) is 0.367. The number of hydrogen-bond donors (Lipinski definition) is 2. The van der Waals surface area contributed by atoms with Gasteiger partial charge in [0.05, 0.1) is 6.20 Å². The summed E-state index contributed by atoms with van der Waals surface area (Å²) in [5.74, 6) is -4.48. The first kappa shape index (κ1) is 30.4. The van der Waals surface area contributed by atoms with Crippen molar-refractivity contribution >= 4 is 17.8 Å². The number of aliphatic carboxylic acids is 2. The number of likely N-dealkylation sites (N-methyl/N-ethyl adjacent to an activating group) is 1. The number of likely N-dealkylation sites (tertiary alicyclic amines) is 1. The van der Waals surface area contributed by atoms with E-state index in [2.05, 4.69) is 38.8 Å². The maximum Gasteiger partial charge on any atom is 0.490 e. The number of nitrogens with zero attached hydrogens (tertiary/aromatic N) is 5. The van der Waals surface area contributed by atoms with Crippen molar-refractivity contribution in [1.82, 2.24) is 19.8 Å². The third-order valence-corrected chi connectivity index (χ3v) is 5.47. The Morgan fingerprint density at radius 2 is 1.51 bits per heavy atom. The molecule has 3 rings (SSSR count). The van der Waals surface area contributed by atoms with Crippen LogP contribution in [0, 0.1) is 0 Å². The van der Waals surface area contributed by atoms with E-state index in [0.29, 0.717) is 5.54 Å². The zero-order valence-corrected chi connectivity index (χ0v) is 19.3. The number of hydrogen-bond acceptors (Lipinski definition) is 7. The first-order valence-electron chi connectivity index (χ1n) is 10.6. The van der Waals surface area contributed by atoms with E-state index in [9.17, 15) is 26.3 Å². The molecule has 0 radical (unpaired) electrons. The van der Waals surface area contributed by atoms with Gasteiger partial charge in [0.15, 0.2) is 0 Å². The van der Waals surface area contributed by atoms with Gasteiger partial charge in [-0.15, -0.1) is 0 Å². The van der Waals surface area contributed by atoms with E-state index < -0.39 is 24.3 Å². The molecule has 1 aromatic heterocycles. The molecule has 1 atom stereocenters. The minimum atomic E-state index is -5.08. The van der Waals surface area contributed by atoms with Crippen LogP contribution < -0.4 is 4.90 Å². The molecule has 0 saturated carbocycles. The fraction of sp³-hybridized carbons (Fsp3) is 0.700. The molecule has 0 aromatic carbocycles. The molecule has 2 saturated heterocycles. The second-order valence-corrected chi connectivity index (χ2v) is 8.31. The zero-order valence-electron chi connectivity index (χ0n) is 19.3. The summed E-state index contributed by atoms with van der Waals surface area (Å²) in [6.45, 7) is 5.80. The van der Waals surface area contributed by atoms with Gasteiger partial charge in [-0.05, 0) is 46.3 Å². The fourth-order valence-corrected chi connectivity index (χ4v) is 3.89. The molecule has 0 bridgehead atoms. The summed E-state index contributed by atoms with van der Waals surface area (Å²) < 4.78 is 63.5. The minimum Gasteiger partial charge on any atom is -0.475 e. The lowest BCUT2D eigenvalue weighted by molar-refractivity contribution is -0.193. The molecule has 1 unspecified atom stereocenters. The summed E-state index contributed by atoms with van der Waals surface area (Å²) in [6.07, 6.45) is 0.542. The number of anilines is 1. The van der Waals surface area contributed by atoms with E-state index in [1.165, 1.54) is 38.8 Å². The Bertz CT molecular complexity index is 785. The number of carbonyl (C=O) groups is 2. The van der Waals surface area contributed by atoms with Crippen LogP contribution >= 0.6 is 0 Å². The van der Waals surface area contributed by atoms with Gasteiger partial charge in [0.25, 0.3) is 0 Å². The molecule has 1 aromatic rings. The van der Waals surface area contributed by atoms with Crippen LogP contribution in [0.3, 0.4) is 0 Å². The number of piperidine rings is 1. The normalized spacial score (nSPS) is 20.7. The molecular formula is C20H29F6N5O4. The number of rotatable bonds is 4. The molecule has 1 spiro atoms. The van der Waals surface area contributed by atoms with Gasteiger partial charge in [0, 0.05) is 44.1 Å². The Kier molecular flexibility index (Phi) is 11.2. The molecule has 0 aliphatic carbocycles. The van der Waals surface area contributed by atoms with Crippen molar-refractivity contribution in [3.05, 3.63) is 18.6 Å². The molecular weight excluding hydrogens is 488 g/mol. The van der Waals surface area contributed by atoms with Crippen LogP contribution in [-0.2, 0) is 9.59 Å². The standard InChI is InChI=1S/C16H27N5.2C2HF3O2/c1-19(2)11-12-21-10-4-6-16(21)5-3-9-20(14-16)15-13-17-7-8-18-15;2*3-2(4,5)1(6)7/h7-8,13H,3-6,9-12,14H2,1-2H3;2*(H,6,7). The van der Waals surface area contributed by atoms with Gasteiger partial charge in [-0.25, -0.2) is 14.6 Å². The van der Waals surface area contributed by atoms with Crippen molar-refractivity contribution in [2.75, 3.05) is 51.7 Å². The molecule has 2 aliphatic rings. The van der Waals surface area contributed by atoms with Crippen LogP contribution in [0.25, 0.3) is 0 Å². The van der Waals surface area contributed by atoms with Crippen LogP contribution in [0.4, 0.5) is 32.2 Å². The molecule has 15 heteroatoms. The lowest BCUT2D eigenvalue weighted by atomic mass is 9.86. The first-order valence-corrected chi connectivity index (χ1v) is 10.6. The van der Waals surface area contributed by atoms with E-state index in [4.69, 9.17) is 19.8 Å². The Morgan fingerprint density at radius 3 is 1.94 bits per heavy atom. The quantitative estimate of drug-likeness (QED) is 0.583. The first-order chi connectivity index (χ1) is 16.1. The van der Waals surface area contributed by atoms with Gasteiger partial charge < -0.3 is 20.0 Å². The van der Waals surface area contributed by atoms with Gasteiger partial charge in [-0.1, -0.05) is 0 Å². The van der Waals surface area contributed by atoms with E-state index in [1.807, 2.05) is 6.20 Å². The second-order valence-electron chi connectivity index (χ2n) is 8.31. The highest BCUT2D eigenvalue weighted by atomic mass is 19.4. The van der Waals surface area contributed by atoms with Crippen molar-refractivity contribution in [2.45, 2.75) is 43.6 Å².